The van der Waals surface area contributed by atoms with E-state index in [1.165, 1.54) is 0 Å². The smallest absolute Gasteiger partial charge is 0.275 e. The molecule has 6 nitrogen and oxygen atoms in total. The van der Waals surface area contributed by atoms with E-state index in [4.69, 9.17) is 16.0 Å². The van der Waals surface area contributed by atoms with E-state index in [2.05, 4.69) is 15.2 Å². The number of oxazole rings is 1. The lowest BCUT2D eigenvalue weighted by molar-refractivity contribution is 0.0708. The summed E-state index contributed by atoms with van der Waals surface area (Å²) in [7, 11) is 0. The molecule has 2 aromatic heterocycles. The number of carbonyl (C=O) groups excluding carboxylic acids is 1. The Kier molecular flexibility index (Phi) is 5.22. The first-order valence-electron chi connectivity index (χ1n) is 9.61. The van der Waals surface area contributed by atoms with E-state index in [9.17, 15) is 4.79 Å². The van der Waals surface area contributed by atoms with Crippen LogP contribution in [0.25, 0.3) is 0 Å². The van der Waals surface area contributed by atoms with Crippen LogP contribution in [0.15, 0.2) is 34.9 Å². The van der Waals surface area contributed by atoms with Crippen LogP contribution in [0.5, 0.6) is 0 Å². The normalized spacial score (nSPS) is 16.7. The molecule has 1 fully saturated rings. The molecule has 1 aromatic carbocycles. The Morgan fingerprint density at radius 1 is 1.39 bits per heavy atom. The van der Waals surface area contributed by atoms with Crippen LogP contribution < -0.4 is 0 Å². The Balaban J connectivity index is 1.54. The molecule has 1 saturated heterocycles. The molecule has 1 aliphatic rings. The standard InChI is InChI=1S/C21H23ClN4O2/c1-3-17-13(2)19(25-24-17)21(27)26-10-6-9-18(26)20-23-12-15(28-20)11-14-7-4-5-8-16(14)22/h4-5,7-8,12,18H,3,6,9-11H2,1-2H3,(H,24,25)/t18-/m1/s1. The van der Waals surface area contributed by atoms with Gasteiger partial charge in [-0.1, -0.05) is 36.7 Å². The van der Waals surface area contributed by atoms with Crippen LogP contribution in [-0.2, 0) is 12.8 Å². The lowest BCUT2D eigenvalue weighted by atomic mass is 10.1. The van der Waals surface area contributed by atoms with Crippen molar-refractivity contribution in [2.24, 2.45) is 0 Å². The third kappa shape index (κ3) is 3.44. The maximum absolute atomic E-state index is 13.1. The minimum absolute atomic E-state index is 0.0678. The molecular weight excluding hydrogens is 376 g/mol. The predicted molar refractivity (Wildman–Crippen MR) is 106 cm³/mol. The van der Waals surface area contributed by atoms with Crippen LogP contribution >= 0.6 is 11.6 Å². The number of carbonyl (C=O) groups is 1. The summed E-state index contributed by atoms with van der Waals surface area (Å²) in [5.41, 5.74) is 3.40. The number of aromatic nitrogens is 3. The summed E-state index contributed by atoms with van der Waals surface area (Å²) in [6, 6.07) is 7.53. The van der Waals surface area contributed by atoms with Crippen molar-refractivity contribution in [1.29, 1.82) is 0 Å². The zero-order valence-corrected chi connectivity index (χ0v) is 16.8. The highest BCUT2D eigenvalue weighted by Crippen LogP contribution is 2.33. The Hall–Kier alpha value is -2.60. The molecule has 3 aromatic rings. The van der Waals surface area contributed by atoms with E-state index in [1.54, 1.807) is 6.20 Å². The second kappa shape index (κ2) is 7.80. The highest BCUT2D eigenvalue weighted by Gasteiger charge is 2.35. The molecule has 3 heterocycles. The Labute approximate surface area is 168 Å². The van der Waals surface area contributed by atoms with Gasteiger partial charge in [0, 0.05) is 29.2 Å². The van der Waals surface area contributed by atoms with Gasteiger partial charge in [-0.2, -0.15) is 5.10 Å². The number of hydrogen-bond acceptors (Lipinski definition) is 4. The first-order valence-corrected chi connectivity index (χ1v) is 9.99. The number of amides is 1. The molecule has 0 unspecified atom stereocenters. The minimum Gasteiger partial charge on any atom is -0.443 e. The summed E-state index contributed by atoms with van der Waals surface area (Å²) in [6.45, 7) is 4.66. The molecule has 146 valence electrons. The van der Waals surface area contributed by atoms with Gasteiger partial charge in [0.25, 0.3) is 5.91 Å². The lowest BCUT2D eigenvalue weighted by Crippen LogP contribution is -2.31. The third-order valence-corrected chi connectivity index (χ3v) is 5.73. The quantitative estimate of drug-likeness (QED) is 0.687. The topological polar surface area (TPSA) is 75.0 Å². The van der Waals surface area contributed by atoms with Crippen LogP contribution in [0.3, 0.4) is 0 Å². The second-order valence-corrected chi connectivity index (χ2v) is 7.53. The molecule has 0 spiro atoms. The maximum atomic E-state index is 13.1. The summed E-state index contributed by atoms with van der Waals surface area (Å²) < 4.78 is 6.01. The largest absolute Gasteiger partial charge is 0.443 e. The zero-order chi connectivity index (χ0) is 19.7. The monoisotopic (exact) mass is 398 g/mol. The van der Waals surface area contributed by atoms with Crippen LogP contribution in [0, 0.1) is 6.92 Å². The van der Waals surface area contributed by atoms with Crippen molar-refractivity contribution in [3.05, 3.63) is 69.7 Å². The first-order chi connectivity index (χ1) is 13.6. The van der Waals surface area contributed by atoms with Gasteiger partial charge in [-0.05, 0) is 37.8 Å². The molecule has 1 N–H and O–H groups in total. The molecule has 0 radical (unpaired) electrons. The molecule has 4 rings (SSSR count). The summed E-state index contributed by atoms with van der Waals surface area (Å²) >= 11 is 6.24. The molecule has 28 heavy (non-hydrogen) atoms. The van der Waals surface area contributed by atoms with Gasteiger partial charge in [0.2, 0.25) is 5.89 Å². The van der Waals surface area contributed by atoms with E-state index < -0.39 is 0 Å². The number of nitrogens with zero attached hydrogens (tertiary/aromatic N) is 3. The Morgan fingerprint density at radius 2 is 2.21 bits per heavy atom. The summed E-state index contributed by atoms with van der Waals surface area (Å²) in [5.74, 6) is 1.25. The molecule has 1 atom stereocenters. The van der Waals surface area contributed by atoms with Crippen molar-refractivity contribution in [2.45, 2.75) is 45.6 Å². The van der Waals surface area contributed by atoms with Crippen molar-refractivity contribution in [1.82, 2.24) is 20.1 Å². The summed E-state index contributed by atoms with van der Waals surface area (Å²) in [6.07, 6.45) is 4.88. The Bertz CT molecular complexity index is 994. The summed E-state index contributed by atoms with van der Waals surface area (Å²) in [5, 5.41) is 7.93. The third-order valence-electron chi connectivity index (χ3n) is 5.36. The molecule has 0 bridgehead atoms. The fraction of sp³-hybridized carbons (Fsp3) is 0.381. The van der Waals surface area contributed by atoms with E-state index in [-0.39, 0.29) is 11.9 Å². The van der Waals surface area contributed by atoms with Crippen molar-refractivity contribution in [2.75, 3.05) is 6.54 Å². The van der Waals surface area contributed by atoms with Crippen LogP contribution in [0.1, 0.15) is 64.8 Å². The minimum atomic E-state index is -0.159. The molecule has 1 amide bonds. The van der Waals surface area contributed by atoms with Crippen LogP contribution in [0.2, 0.25) is 5.02 Å². The van der Waals surface area contributed by atoms with E-state index in [0.717, 1.165) is 41.8 Å². The van der Waals surface area contributed by atoms with Crippen molar-refractivity contribution < 1.29 is 9.21 Å². The average Bonchev–Trinajstić information content (AvgIpc) is 3.42. The fourth-order valence-electron chi connectivity index (χ4n) is 3.78. The number of aromatic amines is 1. The van der Waals surface area contributed by atoms with Gasteiger partial charge in [0.1, 0.15) is 11.8 Å². The first kappa shape index (κ1) is 18.7. The predicted octanol–water partition coefficient (Wildman–Crippen LogP) is 4.49. The molecule has 0 saturated carbocycles. The highest BCUT2D eigenvalue weighted by molar-refractivity contribution is 6.31. The van der Waals surface area contributed by atoms with Gasteiger partial charge in [-0.25, -0.2) is 4.98 Å². The van der Waals surface area contributed by atoms with E-state index >= 15 is 0 Å². The van der Waals surface area contributed by atoms with Crippen LogP contribution in [0.4, 0.5) is 0 Å². The van der Waals surface area contributed by atoms with Crippen molar-refractivity contribution in [3.63, 3.8) is 0 Å². The maximum Gasteiger partial charge on any atom is 0.275 e. The average molecular weight is 399 g/mol. The van der Waals surface area contributed by atoms with E-state index in [0.29, 0.717) is 29.6 Å². The van der Waals surface area contributed by atoms with Gasteiger partial charge >= 0.3 is 0 Å². The zero-order valence-electron chi connectivity index (χ0n) is 16.0. The van der Waals surface area contributed by atoms with Crippen molar-refractivity contribution >= 4 is 17.5 Å². The van der Waals surface area contributed by atoms with Gasteiger partial charge in [-0.3, -0.25) is 9.89 Å². The number of halogens is 1. The fourth-order valence-corrected chi connectivity index (χ4v) is 3.98. The number of nitrogens with one attached hydrogen (secondary N) is 1. The molecular formula is C21H23ClN4O2. The van der Waals surface area contributed by atoms with Gasteiger partial charge in [-0.15, -0.1) is 0 Å². The highest BCUT2D eigenvalue weighted by atomic mass is 35.5. The van der Waals surface area contributed by atoms with Crippen molar-refractivity contribution in [3.8, 4) is 0 Å². The number of aryl methyl sites for hydroxylation is 1. The lowest BCUT2D eigenvalue weighted by Gasteiger charge is -2.21. The number of rotatable bonds is 5. The number of H-pyrrole nitrogens is 1. The molecule has 7 heteroatoms. The molecule has 0 aliphatic carbocycles. The van der Waals surface area contributed by atoms with Gasteiger partial charge < -0.3 is 9.32 Å². The van der Waals surface area contributed by atoms with E-state index in [1.807, 2.05) is 43.0 Å². The van der Waals surface area contributed by atoms with Crippen LogP contribution in [-0.4, -0.2) is 32.5 Å². The SMILES string of the molecule is CCc1[nH]nc(C(=O)N2CCC[C@@H]2c2ncc(Cc3ccccc3Cl)o2)c1C. The summed E-state index contributed by atoms with van der Waals surface area (Å²) in [4.78, 5) is 19.4. The number of benzene rings is 1. The number of likely N-dealkylation sites (tertiary alicyclic amines) is 1. The second-order valence-electron chi connectivity index (χ2n) is 7.12. The molecule has 1 aliphatic heterocycles. The number of hydrogen-bond donors (Lipinski definition) is 1. The van der Waals surface area contributed by atoms with Gasteiger partial charge in [0.15, 0.2) is 5.69 Å². The Morgan fingerprint density at radius 3 is 2.96 bits per heavy atom. The van der Waals surface area contributed by atoms with Gasteiger partial charge in [0.05, 0.1) is 6.20 Å².